The van der Waals surface area contributed by atoms with Gasteiger partial charge in [-0.05, 0) is 61.7 Å². The number of rotatable bonds is 9. The number of amides is 1. The molecule has 6 heteroatoms. The predicted molar refractivity (Wildman–Crippen MR) is 124 cm³/mol. The molecule has 1 aliphatic heterocycles. The molecule has 3 rings (SSSR count). The zero-order valence-electron chi connectivity index (χ0n) is 18.8. The first-order chi connectivity index (χ1) is 15.4. The number of hydrogen-bond acceptors (Lipinski definition) is 5. The van der Waals surface area contributed by atoms with E-state index in [-0.39, 0.29) is 11.3 Å². The van der Waals surface area contributed by atoms with Crippen LogP contribution in [0, 0.1) is 6.92 Å². The van der Waals surface area contributed by atoms with Gasteiger partial charge in [-0.1, -0.05) is 31.7 Å². The van der Waals surface area contributed by atoms with Crippen LogP contribution in [0.15, 0.2) is 60.7 Å². The van der Waals surface area contributed by atoms with Crippen LogP contribution >= 0.6 is 0 Å². The Kier molecular flexibility index (Phi) is 7.36. The van der Waals surface area contributed by atoms with Crippen molar-refractivity contribution >= 4 is 17.4 Å². The predicted octanol–water partition coefficient (Wildman–Crippen LogP) is 4.79. The van der Waals surface area contributed by atoms with Gasteiger partial charge in [0.2, 0.25) is 0 Å². The molecule has 1 unspecified atom stereocenters. The summed E-state index contributed by atoms with van der Waals surface area (Å²) < 4.78 is 11.2. The van der Waals surface area contributed by atoms with Crippen LogP contribution < -0.4 is 9.47 Å². The van der Waals surface area contributed by atoms with Crippen molar-refractivity contribution in [3.8, 4) is 11.5 Å². The highest BCUT2D eigenvalue weighted by atomic mass is 16.5. The van der Waals surface area contributed by atoms with Crippen molar-refractivity contribution in [3.05, 3.63) is 77.4 Å². The Morgan fingerprint density at radius 3 is 2.59 bits per heavy atom. The first kappa shape index (κ1) is 23.1. The van der Waals surface area contributed by atoms with E-state index >= 15 is 0 Å². The van der Waals surface area contributed by atoms with Crippen molar-refractivity contribution in [2.75, 3.05) is 19.8 Å². The Morgan fingerprint density at radius 1 is 1.16 bits per heavy atom. The fraction of sp³-hybridized carbons (Fsp3) is 0.308. The zero-order valence-corrected chi connectivity index (χ0v) is 18.8. The van der Waals surface area contributed by atoms with Crippen LogP contribution in [-0.2, 0) is 9.59 Å². The molecule has 168 valence electrons. The van der Waals surface area contributed by atoms with Gasteiger partial charge in [-0.3, -0.25) is 9.59 Å². The minimum Gasteiger partial charge on any atom is -0.507 e. The fourth-order valence-electron chi connectivity index (χ4n) is 3.90. The van der Waals surface area contributed by atoms with E-state index in [1.807, 2.05) is 26.8 Å². The fourth-order valence-corrected chi connectivity index (χ4v) is 3.90. The number of nitrogens with zero attached hydrogens (tertiary/aromatic N) is 1. The molecule has 1 fully saturated rings. The summed E-state index contributed by atoms with van der Waals surface area (Å²) in [7, 11) is 0. The molecule has 6 nitrogen and oxygen atoms in total. The smallest absolute Gasteiger partial charge is 0.295 e. The summed E-state index contributed by atoms with van der Waals surface area (Å²) in [6.07, 6.45) is 2.32. The molecule has 1 aliphatic rings. The van der Waals surface area contributed by atoms with Crippen LogP contribution in [0.2, 0.25) is 0 Å². The standard InChI is InChI=1S/C26H29NO5/c1-5-13-27-23(18-9-8-10-20(16-18)32-14-6-2)22(25(29)26(27)30)24(28)19-11-12-21(31-7-3)17(4)15-19/h6,8-12,15-16,23,28H,2,5,7,13-14H2,1,3-4H3/b24-22+. The maximum absolute atomic E-state index is 13.0. The van der Waals surface area contributed by atoms with E-state index in [0.29, 0.717) is 48.8 Å². The zero-order chi connectivity index (χ0) is 23.3. The number of ether oxygens (including phenoxy) is 2. The van der Waals surface area contributed by atoms with Crippen LogP contribution in [0.4, 0.5) is 0 Å². The minimum atomic E-state index is -0.700. The third-order valence-electron chi connectivity index (χ3n) is 5.29. The molecule has 1 heterocycles. The number of Topliss-reactive ketones (excluding diaryl/α,β-unsaturated/α-hetero) is 1. The molecule has 0 bridgehead atoms. The maximum atomic E-state index is 13.0. The highest BCUT2D eigenvalue weighted by Gasteiger charge is 2.45. The molecule has 0 aliphatic carbocycles. The third kappa shape index (κ3) is 4.54. The summed E-state index contributed by atoms with van der Waals surface area (Å²) in [6.45, 7) is 10.6. The van der Waals surface area contributed by atoms with Gasteiger partial charge in [0.15, 0.2) is 0 Å². The van der Waals surface area contributed by atoms with Gasteiger partial charge in [-0.15, -0.1) is 0 Å². The van der Waals surface area contributed by atoms with E-state index in [9.17, 15) is 14.7 Å². The molecule has 1 saturated heterocycles. The van der Waals surface area contributed by atoms with Gasteiger partial charge in [0, 0.05) is 12.1 Å². The molecule has 1 N–H and O–H groups in total. The lowest BCUT2D eigenvalue weighted by Crippen LogP contribution is -2.30. The molecule has 2 aromatic carbocycles. The quantitative estimate of drug-likeness (QED) is 0.265. The Morgan fingerprint density at radius 2 is 1.94 bits per heavy atom. The molecular formula is C26H29NO5. The number of aryl methyl sites for hydroxylation is 1. The van der Waals surface area contributed by atoms with E-state index < -0.39 is 17.7 Å². The van der Waals surface area contributed by atoms with Crippen LogP contribution in [0.5, 0.6) is 11.5 Å². The summed E-state index contributed by atoms with van der Waals surface area (Å²) in [4.78, 5) is 27.4. The number of aliphatic hydroxyl groups excluding tert-OH is 1. The van der Waals surface area contributed by atoms with Crippen molar-refractivity contribution in [1.82, 2.24) is 4.90 Å². The number of likely N-dealkylation sites (tertiary alicyclic amines) is 1. The number of hydrogen-bond donors (Lipinski definition) is 1. The van der Waals surface area contributed by atoms with Gasteiger partial charge < -0.3 is 19.5 Å². The van der Waals surface area contributed by atoms with Crippen LogP contribution in [0.3, 0.4) is 0 Å². The summed E-state index contributed by atoms with van der Waals surface area (Å²) in [5.74, 6) is -0.195. The van der Waals surface area contributed by atoms with Crippen molar-refractivity contribution < 1.29 is 24.2 Å². The third-order valence-corrected chi connectivity index (χ3v) is 5.29. The monoisotopic (exact) mass is 435 g/mol. The summed E-state index contributed by atoms with van der Waals surface area (Å²) in [6, 6.07) is 11.7. The van der Waals surface area contributed by atoms with Crippen LogP contribution in [0.1, 0.15) is 43.0 Å². The Labute approximate surface area is 188 Å². The SMILES string of the molecule is C=CCOc1cccc(C2/C(=C(\O)c3ccc(OCC)c(C)c3)C(=O)C(=O)N2CCC)c1. The first-order valence-electron chi connectivity index (χ1n) is 10.8. The maximum Gasteiger partial charge on any atom is 0.295 e. The second-order valence-corrected chi connectivity index (χ2v) is 7.58. The number of aliphatic hydroxyl groups is 1. The molecular weight excluding hydrogens is 406 g/mol. The lowest BCUT2D eigenvalue weighted by atomic mass is 9.94. The average molecular weight is 436 g/mol. The Hall–Kier alpha value is -3.54. The molecule has 0 aromatic heterocycles. The summed E-state index contributed by atoms with van der Waals surface area (Å²) in [5, 5.41) is 11.2. The average Bonchev–Trinajstić information content (AvgIpc) is 3.04. The second kappa shape index (κ2) is 10.2. The van der Waals surface area contributed by atoms with E-state index in [1.165, 1.54) is 4.90 Å². The minimum absolute atomic E-state index is 0.0767. The molecule has 0 saturated carbocycles. The molecule has 0 spiro atoms. The Balaban J connectivity index is 2.13. The number of benzene rings is 2. The van der Waals surface area contributed by atoms with Crippen LogP contribution in [-0.4, -0.2) is 41.5 Å². The molecule has 1 amide bonds. The molecule has 0 radical (unpaired) electrons. The van der Waals surface area contributed by atoms with Crippen molar-refractivity contribution in [1.29, 1.82) is 0 Å². The lowest BCUT2D eigenvalue weighted by Gasteiger charge is -2.25. The largest absolute Gasteiger partial charge is 0.507 e. The van der Waals surface area contributed by atoms with E-state index in [1.54, 1.807) is 42.5 Å². The number of carbonyl (C=O) groups excluding carboxylic acids is 2. The van der Waals surface area contributed by atoms with E-state index in [0.717, 1.165) is 5.56 Å². The van der Waals surface area contributed by atoms with Gasteiger partial charge in [-0.25, -0.2) is 0 Å². The lowest BCUT2D eigenvalue weighted by molar-refractivity contribution is -0.139. The van der Waals surface area contributed by atoms with Crippen molar-refractivity contribution in [2.24, 2.45) is 0 Å². The Bertz CT molecular complexity index is 1060. The second-order valence-electron chi connectivity index (χ2n) is 7.58. The molecule has 32 heavy (non-hydrogen) atoms. The van der Waals surface area contributed by atoms with Gasteiger partial charge in [0.1, 0.15) is 23.9 Å². The van der Waals surface area contributed by atoms with E-state index in [4.69, 9.17) is 9.47 Å². The number of ketones is 1. The molecule has 1 atom stereocenters. The van der Waals surface area contributed by atoms with Gasteiger partial charge in [0.05, 0.1) is 18.2 Å². The normalized spacial score (nSPS) is 17.5. The van der Waals surface area contributed by atoms with Gasteiger partial charge in [0.25, 0.3) is 11.7 Å². The van der Waals surface area contributed by atoms with Crippen LogP contribution in [0.25, 0.3) is 5.76 Å². The van der Waals surface area contributed by atoms with Crippen molar-refractivity contribution in [2.45, 2.75) is 33.2 Å². The highest BCUT2D eigenvalue weighted by Crippen LogP contribution is 2.40. The first-order valence-corrected chi connectivity index (χ1v) is 10.8. The highest BCUT2D eigenvalue weighted by molar-refractivity contribution is 6.46. The van der Waals surface area contributed by atoms with Gasteiger partial charge in [-0.2, -0.15) is 0 Å². The summed E-state index contributed by atoms with van der Waals surface area (Å²) >= 11 is 0. The van der Waals surface area contributed by atoms with Gasteiger partial charge >= 0.3 is 0 Å². The summed E-state index contributed by atoms with van der Waals surface area (Å²) in [5.41, 5.74) is 2.07. The number of carbonyl (C=O) groups is 2. The topological polar surface area (TPSA) is 76.1 Å². The molecule has 2 aromatic rings. The van der Waals surface area contributed by atoms with E-state index in [2.05, 4.69) is 6.58 Å². The van der Waals surface area contributed by atoms with Crippen molar-refractivity contribution in [3.63, 3.8) is 0 Å².